The molecule has 2 fully saturated rings. The summed E-state index contributed by atoms with van der Waals surface area (Å²) in [7, 11) is 0. The summed E-state index contributed by atoms with van der Waals surface area (Å²) in [5.41, 5.74) is 5.65. The number of aromatic nitrogens is 1. The van der Waals surface area contributed by atoms with E-state index >= 15 is 4.39 Å². The lowest BCUT2D eigenvalue weighted by molar-refractivity contribution is 0.577. The fraction of sp³-hybridized carbons (Fsp3) is 0.438. The molecule has 0 amide bonds. The van der Waals surface area contributed by atoms with Crippen LogP contribution in [0.15, 0.2) is 23.1 Å². The topological polar surface area (TPSA) is 51.3 Å². The number of hydrogen-bond donors (Lipinski definition) is 1. The van der Waals surface area contributed by atoms with Gasteiger partial charge in [-0.05, 0) is 25.3 Å². The number of anilines is 1. The molecule has 1 aromatic carbocycles. The van der Waals surface area contributed by atoms with Crippen molar-refractivity contribution in [1.29, 1.82) is 0 Å². The highest BCUT2D eigenvalue weighted by molar-refractivity contribution is 5.84. The van der Waals surface area contributed by atoms with Gasteiger partial charge in [-0.2, -0.15) is 0 Å². The van der Waals surface area contributed by atoms with Gasteiger partial charge in [0, 0.05) is 37.4 Å². The molecule has 116 valence electrons. The van der Waals surface area contributed by atoms with E-state index in [0.717, 1.165) is 12.8 Å². The van der Waals surface area contributed by atoms with Crippen LogP contribution in [0.2, 0.25) is 0 Å². The second-order valence-corrected chi connectivity index (χ2v) is 6.23. The number of pyridine rings is 1. The Balaban J connectivity index is 1.98. The van der Waals surface area contributed by atoms with Crippen LogP contribution in [-0.2, 0) is 0 Å². The molecule has 1 saturated heterocycles. The van der Waals surface area contributed by atoms with E-state index in [2.05, 4.69) is 0 Å². The first-order chi connectivity index (χ1) is 10.6. The minimum atomic E-state index is -0.690. The molecule has 2 aliphatic rings. The second-order valence-electron chi connectivity index (χ2n) is 6.23. The van der Waals surface area contributed by atoms with Crippen molar-refractivity contribution in [2.24, 2.45) is 5.73 Å². The van der Waals surface area contributed by atoms with Gasteiger partial charge in [0.25, 0.3) is 0 Å². The Morgan fingerprint density at radius 3 is 2.64 bits per heavy atom. The van der Waals surface area contributed by atoms with Crippen molar-refractivity contribution >= 4 is 16.6 Å². The van der Waals surface area contributed by atoms with Crippen LogP contribution in [0.5, 0.6) is 0 Å². The third-order valence-electron chi connectivity index (χ3n) is 4.56. The summed E-state index contributed by atoms with van der Waals surface area (Å²) < 4.78 is 31.2. The lowest BCUT2D eigenvalue weighted by Crippen LogP contribution is -2.28. The monoisotopic (exact) mass is 305 g/mol. The van der Waals surface area contributed by atoms with Crippen molar-refractivity contribution in [2.45, 2.75) is 31.3 Å². The molecule has 1 aromatic heterocycles. The van der Waals surface area contributed by atoms with Crippen LogP contribution in [0.1, 0.15) is 25.3 Å². The number of fused-ring (bicyclic) bond motifs is 1. The molecule has 1 saturated carbocycles. The molecule has 1 atom stereocenters. The Kier molecular flexibility index (Phi) is 2.97. The van der Waals surface area contributed by atoms with Crippen molar-refractivity contribution in [3.8, 4) is 0 Å². The molecule has 1 aliphatic carbocycles. The highest BCUT2D eigenvalue weighted by atomic mass is 19.1. The van der Waals surface area contributed by atoms with E-state index in [1.165, 1.54) is 12.1 Å². The summed E-state index contributed by atoms with van der Waals surface area (Å²) in [5, 5.41) is 0.108. The second kappa shape index (κ2) is 4.78. The summed E-state index contributed by atoms with van der Waals surface area (Å²) in [6, 6.07) is 2.68. The summed E-state index contributed by atoms with van der Waals surface area (Å²) in [5.74, 6) is -1.33. The first-order valence-corrected chi connectivity index (χ1v) is 7.59. The van der Waals surface area contributed by atoms with Gasteiger partial charge < -0.3 is 15.2 Å². The van der Waals surface area contributed by atoms with E-state index in [1.54, 1.807) is 15.7 Å². The minimum absolute atomic E-state index is 0.0551. The molecule has 1 unspecified atom stereocenters. The van der Waals surface area contributed by atoms with Crippen molar-refractivity contribution < 1.29 is 8.78 Å². The Morgan fingerprint density at radius 2 is 2.00 bits per heavy atom. The maximum atomic E-state index is 15.1. The van der Waals surface area contributed by atoms with E-state index in [9.17, 15) is 9.18 Å². The Bertz CT molecular complexity index is 813. The quantitative estimate of drug-likeness (QED) is 0.925. The van der Waals surface area contributed by atoms with Crippen LogP contribution < -0.4 is 16.1 Å². The average Bonchev–Trinajstić information content (AvgIpc) is 3.23. The molecular formula is C16H17F2N3O. The van der Waals surface area contributed by atoms with Gasteiger partial charge in [-0.1, -0.05) is 0 Å². The lowest BCUT2D eigenvalue weighted by atomic mass is 10.1. The SMILES string of the molecule is NC1CCN(c2c(F)cc3c(=O)ccn(C4CC4)c3c2F)C1. The molecular weight excluding hydrogens is 288 g/mol. The van der Waals surface area contributed by atoms with E-state index in [1.807, 2.05) is 0 Å². The lowest BCUT2D eigenvalue weighted by Gasteiger charge is -2.21. The van der Waals surface area contributed by atoms with Crippen LogP contribution >= 0.6 is 0 Å². The Hall–Kier alpha value is -1.95. The van der Waals surface area contributed by atoms with E-state index in [-0.39, 0.29) is 34.1 Å². The highest BCUT2D eigenvalue weighted by Gasteiger charge is 2.30. The third-order valence-corrected chi connectivity index (χ3v) is 4.56. The Labute approximate surface area is 126 Å². The van der Waals surface area contributed by atoms with Gasteiger partial charge in [0.1, 0.15) is 11.5 Å². The molecule has 6 heteroatoms. The minimum Gasteiger partial charge on any atom is -0.365 e. The molecule has 2 aromatic rings. The van der Waals surface area contributed by atoms with Gasteiger partial charge in [0.05, 0.1) is 10.9 Å². The molecule has 1 aliphatic heterocycles. The van der Waals surface area contributed by atoms with E-state index < -0.39 is 11.6 Å². The first-order valence-electron chi connectivity index (χ1n) is 7.59. The van der Waals surface area contributed by atoms with Gasteiger partial charge in [-0.15, -0.1) is 0 Å². The van der Waals surface area contributed by atoms with Crippen molar-refractivity contribution in [1.82, 2.24) is 4.57 Å². The van der Waals surface area contributed by atoms with Crippen LogP contribution in [0, 0.1) is 11.6 Å². The molecule has 0 spiro atoms. The zero-order valence-electron chi connectivity index (χ0n) is 12.1. The van der Waals surface area contributed by atoms with Crippen molar-refractivity contribution in [3.63, 3.8) is 0 Å². The van der Waals surface area contributed by atoms with Gasteiger partial charge in [0.15, 0.2) is 11.2 Å². The number of nitrogens with zero attached hydrogens (tertiary/aromatic N) is 2. The average molecular weight is 305 g/mol. The number of halogens is 2. The summed E-state index contributed by atoms with van der Waals surface area (Å²) >= 11 is 0. The third kappa shape index (κ3) is 2.01. The van der Waals surface area contributed by atoms with Gasteiger partial charge >= 0.3 is 0 Å². The molecule has 22 heavy (non-hydrogen) atoms. The maximum absolute atomic E-state index is 15.1. The molecule has 0 radical (unpaired) electrons. The van der Waals surface area contributed by atoms with Crippen LogP contribution in [0.25, 0.3) is 10.9 Å². The standard InChI is InChI=1S/C16H17F2N3O/c17-12-7-11-13(22)4-6-21(10-1-2-10)15(11)14(18)16(12)20-5-3-9(19)8-20/h4,6-7,9-10H,1-3,5,8,19H2. The number of hydrogen-bond acceptors (Lipinski definition) is 3. The predicted octanol–water partition coefficient (Wildman–Crippen LogP) is 2.15. The smallest absolute Gasteiger partial charge is 0.189 e. The van der Waals surface area contributed by atoms with Crippen molar-refractivity contribution in [3.05, 3.63) is 40.2 Å². The van der Waals surface area contributed by atoms with Gasteiger partial charge in [0.2, 0.25) is 0 Å². The maximum Gasteiger partial charge on any atom is 0.189 e. The predicted molar refractivity (Wildman–Crippen MR) is 81.2 cm³/mol. The Morgan fingerprint density at radius 1 is 1.23 bits per heavy atom. The summed E-state index contributed by atoms with van der Waals surface area (Å²) in [6.07, 6.45) is 4.24. The van der Waals surface area contributed by atoms with E-state index in [4.69, 9.17) is 5.73 Å². The molecule has 4 rings (SSSR count). The molecule has 2 N–H and O–H groups in total. The first kappa shape index (κ1) is 13.7. The zero-order valence-corrected chi connectivity index (χ0v) is 12.1. The van der Waals surface area contributed by atoms with Crippen LogP contribution in [0.3, 0.4) is 0 Å². The van der Waals surface area contributed by atoms with Crippen molar-refractivity contribution in [2.75, 3.05) is 18.0 Å². The highest BCUT2D eigenvalue weighted by Crippen LogP contribution is 2.39. The zero-order chi connectivity index (χ0) is 15.4. The normalized spacial score (nSPS) is 21.8. The van der Waals surface area contributed by atoms with Gasteiger partial charge in [-0.3, -0.25) is 4.79 Å². The molecule has 2 heterocycles. The van der Waals surface area contributed by atoms with Gasteiger partial charge in [-0.25, -0.2) is 8.78 Å². The number of benzene rings is 1. The molecule has 0 bridgehead atoms. The summed E-state index contributed by atoms with van der Waals surface area (Å²) in [4.78, 5) is 13.6. The fourth-order valence-corrected chi connectivity index (χ4v) is 3.29. The number of nitrogens with two attached hydrogens (primary N) is 1. The molecule has 4 nitrogen and oxygen atoms in total. The number of rotatable bonds is 2. The summed E-state index contributed by atoms with van der Waals surface area (Å²) in [6.45, 7) is 0.959. The van der Waals surface area contributed by atoms with Crippen LogP contribution in [-0.4, -0.2) is 23.7 Å². The fourth-order valence-electron chi connectivity index (χ4n) is 3.29. The van der Waals surface area contributed by atoms with E-state index in [0.29, 0.717) is 19.5 Å². The van der Waals surface area contributed by atoms with Crippen LogP contribution in [0.4, 0.5) is 14.5 Å². The largest absolute Gasteiger partial charge is 0.365 e.